The van der Waals surface area contributed by atoms with Crippen molar-refractivity contribution in [3.63, 3.8) is 0 Å². The molecule has 1 heterocycles. The molecule has 4 nitrogen and oxygen atoms in total. The molecule has 106 valence electrons. The Labute approximate surface area is 123 Å². The van der Waals surface area contributed by atoms with Crippen molar-refractivity contribution in [3.8, 4) is 0 Å². The molecule has 6 heteroatoms. The maximum Gasteiger partial charge on any atom is 0.265 e. The Balaban J connectivity index is 3.02. The van der Waals surface area contributed by atoms with Gasteiger partial charge < -0.3 is 16.0 Å². The standard InChI is InChI=1S/C13H21N3OS2/c1-8(2)6-7-15-12-10(18-5)9(14)11(19-12)13(17)16(3)4/h6,15H,7,14H2,1-5H3. The fraction of sp³-hybridized carbons (Fsp3) is 0.462. The van der Waals surface area contributed by atoms with Crippen LogP contribution in [0.1, 0.15) is 23.5 Å². The second-order valence-corrected chi connectivity index (χ2v) is 6.41. The van der Waals surface area contributed by atoms with Gasteiger partial charge in [0, 0.05) is 20.6 Å². The predicted molar refractivity (Wildman–Crippen MR) is 86.5 cm³/mol. The molecule has 0 unspecified atom stereocenters. The third-order valence-corrected chi connectivity index (χ3v) is 4.59. The molecule has 0 fully saturated rings. The van der Waals surface area contributed by atoms with Crippen molar-refractivity contribution < 1.29 is 4.79 Å². The summed E-state index contributed by atoms with van der Waals surface area (Å²) in [5.74, 6) is -0.0481. The van der Waals surface area contributed by atoms with Crippen molar-refractivity contribution in [2.45, 2.75) is 18.7 Å². The van der Waals surface area contributed by atoms with Crippen molar-refractivity contribution in [1.82, 2.24) is 4.90 Å². The molecule has 19 heavy (non-hydrogen) atoms. The Morgan fingerprint density at radius 3 is 2.58 bits per heavy atom. The first-order valence-corrected chi connectivity index (χ1v) is 7.97. The monoisotopic (exact) mass is 299 g/mol. The van der Waals surface area contributed by atoms with Gasteiger partial charge in [-0.2, -0.15) is 0 Å². The van der Waals surface area contributed by atoms with Crippen LogP contribution in [0.2, 0.25) is 0 Å². The summed E-state index contributed by atoms with van der Waals surface area (Å²) in [4.78, 5) is 15.1. The van der Waals surface area contributed by atoms with Gasteiger partial charge in [-0.3, -0.25) is 4.79 Å². The van der Waals surface area contributed by atoms with Gasteiger partial charge >= 0.3 is 0 Å². The Morgan fingerprint density at radius 1 is 1.47 bits per heavy atom. The Kier molecular flexibility index (Phi) is 5.75. The average Bonchev–Trinajstić information content (AvgIpc) is 2.64. The van der Waals surface area contributed by atoms with Gasteiger partial charge in [0.05, 0.1) is 10.6 Å². The number of nitrogens with zero attached hydrogens (tertiary/aromatic N) is 1. The number of allylic oxidation sites excluding steroid dienone is 1. The molecule has 0 spiro atoms. The number of rotatable bonds is 5. The number of amides is 1. The number of hydrogen-bond donors (Lipinski definition) is 2. The van der Waals surface area contributed by atoms with E-state index in [1.807, 2.05) is 6.26 Å². The predicted octanol–water partition coefficient (Wildman–Crippen LogP) is 3.13. The topological polar surface area (TPSA) is 58.4 Å². The van der Waals surface area contributed by atoms with E-state index in [1.165, 1.54) is 16.9 Å². The number of carbonyl (C=O) groups is 1. The molecule has 0 saturated heterocycles. The summed E-state index contributed by atoms with van der Waals surface area (Å²) >= 11 is 2.98. The van der Waals surface area contributed by atoms with Gasteiger partial charge in [0.1, 0.15) is 9.88 Å². The number of thiophene rings is 1. The van der Waals surface area contributed by atoms with Crippen LogP contribution in [0.25, 0.3) is 0 Å². The van der Waals surface area contributed by atoms with Crippen molar-refractivity contribution in [1.29, 1.82) is 0 Å². The Hall–Kier alpha value is -1.14. The number of thioether (sulfide) groups is 1. The SMILES string of the molecule is CSc1c(NCC=C(C)C)sc(C(=O)N(C)C)c1N. The molecule has 1 aromatic rings. The number of anilines is 2. The van der Waals surface area contributed by atoms with Gasteiger partial charge in [0.25, 0.3) is 5.91 Å². The highest BCUT2D eigenvalue weighted by atomic mass is 32.2. The van der Waals surface area contributed by atoms with Gasteiger partial charge in [0.15, 0.2) is 0 Å². The number of nitrogens with two attached hydrogens (primary N) is 1. The third kappa shape index (κ3) is 3.91. The molecule has 1 aromatic heterocycles. The molecular weight excluding hydrogens is 278 g/mol. The zero-order valence-electron chi connectivity index (χ0n) is 12.0. The van der Waals surface area contributed by atoms with E-state index < -0.39 is 0 Å². The van der Waals surface area contributed by atoms with E-state index in [0.29, 0.717) is 10.6 Å². The van der Waals surface area contributed by atoms with Crippen LogP contribution in [-0.4, -0.2) is 37.7 Å². The Morgan fingerprint density at radius 2 is 2.11 bits per heavy atom. The van der Waals surface area contributed by atoms with Crippen molar-refractivity contribution in [2.75, 3.05) is 37.9 Å². The third-order valence-electron chi connectivity index (χ3n) is 2.48. The lowest BCUT2D eigenvalue weighted by Crippen LogP contribution is -2.21. The molecule has 3 N–H and O–H groups in total. The van der Waals surface area contributed by atoms with E-state index in [9.17, 15) is 4.79 Å². The first kappa shape index (κ1) is 15.9. The minimum Gasteiger partial charge on any atom is -0.396 e. The molecule has 0 atom stereocenters. The summed E-state index contributed by atoms with van der Waals surface area (Å²) in [6.45, 7) is 4.85. The molecule has 1 amide bonds. The Bertz CT molecular complexity index is 488. The van der Waals surface area contributed by atoms with Crippen LogP contribution in [-0.2, 0) is 0 Å². The largest absolute Gasteiger partial charge is 0.396 e. The summed E-state index contributed by atoms with van der Waals surface area (Å²) in [5, 5.41) is 4.29. The highest BCUT2D eigenvalue weighted by molar-refractivity contribution is 7.99. The van der Waals surface area contributed by atoms with E-state index in [0.717, 1.165) is 16.4 Å². The molecule has 0 bridgehead atoms. The van der Waals surface area contributed by atoms with E-state index in [-0.39, 0.29) is 5.91 Å². The molecular formula is C13H21N3OS2. The lowest BCUT2D eigenvalue weighted by atomic mass is 10.3. The number of hydrogen-bond acceptors (Lipinski definition) is 5. The lowest BCUT2D eigenvalue weighted by Gasteiger charge is -2.08. The quantitative estimate of drug-likeness (QED) is 0.648. The fourth-order valence-electron chi connectivity index (χ4n) is 1.46. The van der Waals surface area contributed by atoms with E-state index >= 15 is 0 Å². The van der Waals surface area contributed by atoms with Crippen molar-refractivity contribution in [3.05, 3.63) is 16.5 Å². The van der Waals surface area contributed by atoms with E-state index in [4.69, 9.17) is 5.73 Å². The van der Waals surface area contributed by atoms with Gasteiger partial charge in [0.2, 0.25) is 0 Å². The molecule has 0 aromatic carbocycles. The average molecular weight is 299 g/mol. The lowest BCUT2D eigenvalue weighted by molar-refractivity contribution is 0.0833. The van der Waals surface area contributed by atoms with Crippen LogP contribution >= 0.6 is 23.1 Å². The summed E-state index contributed by atoms with van der Waals surface area (Å²) in [6, 6.07) is 0. The number of nitrogen functional groups attached to an aromatic ring is 1. The molecule has 1 rings (SSSR count). The van der Waals surface area contributed by atoms with Crippen LogP contribution in [0.15, 0.2) is 16.5 Å². The summed E-state index contributed by atoms with van der Waals surface area (Å²) < 4.78 is 0. The molecule has 0 saturated carbocycles. The molecule has 0 aliphatic rings. The summed E-state index contributed by atoms with van der Waals surface area (Å²) in [6.07, 6.45) is 4.07. The van der Waals surface area contributed by atoms with Crippen molar-refractivity contribution in [2.24, 2.45) is 0 Å². The van der Waals surface area contributed by atoms with Gasteiger partial charge in [-0.25, -0.2) is 0 Å². The fourth-order valence-corrected chi connectivity index (χ4v) is 3.52. The first-order chi connectivity index (χ1) is 8.88. The minimum absolute atomic E-state index is 0.0481. The maximum absolute atomic E-state index is 12.0. The van der Waals surface area contributed by atoms with Gasteiger partial charge in [-0.1, -0.05) is 11.6 Å². The van der Waals surface area contributed by atoms with Crippen molar-refractivity contribution >= 4 is 39.7 Å². The van der Waals surface area contributed by atoms with Gasteiger partial charge in [-0.05, 0) is 20.1 Å². The maximum atomic E-state index is 12.0. The molecule has 0 radical (unpaired) electrons. The highest BCUT2D eigenvalue weighted by Gasteiger charge is 2.21. The second-order valence-electron chi connectivity index (χ2n) is 4.57. The molecule has 0 aliphatic heterocycles. The van der Waals surface area contributed by atoms with Crippen LogP contribution in [0.5, 0.6) is 0 Å². The minimum atomic E-state index is -0.0481. The van der Waals surface area contributed by atoms with E-state index in [2.05, 4.69) is 25.2 Å². The van der Waals surface area contributed by atoms with Crippen LogP contribution in [0.3, 0.4) is 0 Å². The van der Waals surface area contributed by atoms with Crippen LogP contribution in [0, 0.1) is 0 Å². The summed E-state index contributed by atoms with van der Waals surface area (Å²) in [5.41, 5.74) is 7.91. The molecule has 0 aliphatic carbocycles. The van der Waals surface area contributed by atoms with Crippen LogP contribution in [0.4, 0.5) is 10.7 Å². The van der Waals surface area contributed by atoms with E-state index in [1.54, 1.807) is 30.8 Å². The summed E-state index contributed by atoms with van der Waals surface area (Å²) in [7, 11) is 3.47. The highest BCUT2D eigenvalue weighted by Crippen LogP contribution is 2.41. The second kappa shape index (κ2) is 6.86. The first-order valence-electron chi connectivity index (χ1n) is 5.93. The smallest absolute Gasteiger partial charge is 0.265 e. The zero-order chi connectivity index (χ0) is 14.6. The number of carbonyl (C=O) groups excluding carboxylic acids is 1. The number of nitrogens with one attached hydrogen (secondary N) is 1. The zero-order valence-corrected chi connectivity index (χ0v) is 13.7. The normalized spacial score (nSPS) is 10.2. The van der Waals surface area contributed by atoms with Gasteiger partial charge in [-0.15, -0.1) is 23.1 Å². The van der Waals surface area contributed by atoms with Crippen LogP contribution < -0.4 is 11.1 Å².